The van der Waals surface area contributed by atoms with Gasteiger partial charge in [-0.2, -0.15) is 0 Å². The van der Waals surface area contributed by atoms with Crippen molar-refractivity contribution in [3.63, 3.8) is 0 Å². The first-order valence-corrected chi connectivity index (χ1v) is 7.32. The SMILES string of the molecule is CCCC(C)n1c(C)cc2c1CC(C)(C)CC2N. The first-order chi connectivity index (χ1) is 8.35. The zero-order valence-corrected chi connectivity index (χ0v) is 12.6. The number of nitrogens with two attached hydrogens (primary N) is 1. The minimum absolute atomic E-state index is 0.220. The van der Waals surface area contributed by atoms with Gasteiger partial charge in [0.2, 0.25) is 0 Å². The molecule has 0 radical (unpaired) electrons. The summed E-state index contributed by atoms with van der Waals surface area (Å²) in [5.41, 5.74) is 11.0. The molecule has 0 fully saturated rings. The maximum atomic E-state index is 6.36. The van der Waals surface area contributed by atoms with Crippen molar-refractivity contribution in [2.75, 3.05) is 0 Å². The van der Waals surface area contributed by atoms with Gasteiger partial charge in [0.05, 0.1) is 0 Å². The van der Waals surface area contributed by atoms with E-state index in [2.05, 4.69) is 45.3 Å². The van der Waals surface area contributed by atoms with Crippen molar-refractivity contribution in [2.24, 2.45) is 11.1 Å². The maximum absolute atomic E-state index is 6.36. The second-order valence-corrected chi connectivity index (χ2v) is 6.85. The normalized spacial score (nSPS) is 23.8. The van der Waals surface area contributed by atoms with Crippen molar-refractivity contribution in [1.82, 2.24) is 4.57 Å². The van der Waals surface area contributed by atoms with E-state index in [1.54, 1.807) is 0 Å². The van der Waals surface area contributed by atoms with Gasteiger partial charge < -0.3 is 10.3 Å². The van der Waals surface area contributed by atoms with Crippen molar-refractivity contribution in [1.29, 1.82) is 0 Å². The number of aromatic nitrogens is 1. The maximum Gasteiger partial charge on any atom is 0.0318 e. The average Bonchev–Trinajstić information content (AvgIpc) is 2.53. The van der Waals surface area contributed by atoms with E-state index in [0.717, 1.165) is 12.8 Å². The summed E-state index contributed by atoms with van der Waals surface area (Å²) >= 11 is 0. The van der Waals surface area contributed by atoms with Gasteiger partial charge in [-0.25, -0.2) is 0 Å². The fraction of sp³-hybridized carbons (Fsp3) is 0.750. The van der Waals surface area contributed by atoms with E-state index >= 15 is 0 Å². The van der Waals surface area contributed by atoms with Crippen LogP contribution in [0.3, 0.4) is 0 Å². The molecule has 1 aromatic heterocycles. The molecule has 1 heterocycles. The molecule has 1 aliphatic rings. The number of hydrogen-bond acceptors (Lipinski definition) is 1. The van der Waals surface area contributed by atoms with Crippen LogP contribution in [0, 0.1) is 12.3 Å². The third kappa shape index (κ3) is 2.35. The van der Waals surface area contributed by atoms with Crippen LogP contribution in [0.1, 0.15) is 76.0 Å². The summed E-state index contributed by atoms with van der Waals surface area (Å²) in [5.74, 6) is 0. The van der Waals surface area contributed by atoms with Crippen molar-refractivity contribution in [3.8, 4) is 0 Å². The predicted molar refractivity (Wildman–Crippen MR) is 77.8 cm³/mol. The van der Waals surface area contributed by atoms with E-state index in [1.165, 1.54) is 29.8 Å². The highest BCUT2D eigenvalue weighted by atomic mass is 15.0. The average molecular weight is 248 g/mol. The zero-order valence-electron chi connectivity index (χ0n) is 12.6. The molecule has 2 atom stereocenters. The third-order valence-electron chi connectivity index (χ3n) is 4.33. The highest BCUT2D eigenvalue weighted by Crippen LogP contribution is 2.42. The molecule has 0 bridgehead atoms. The third-order valence-corrected chi connectivity index (χ3v) is 4.33. The number of rotatable bonds is 3. The van der Waals surface area contributed by atoms with Crippen LogP contribution in [0.4, 0.5) is 0 Å². The van der Waals surface area contributed by atoms with Crippen LogP contribution in [0.25, 0.3) is 0 Å². The van der Waals surface area contributed by atoms with Gasteiger partial charge in [0, 0.05) is 23.5 Å². The molecule has 0 aromatic carbocycles. The Morgan fingerprint density at radius 3 is 2.78 bits per heavy atom. The van der Waals surface area contributed by atoms with Crippen LogP contribution >= 0.6 is 0 Å². The van der Waals surface area contributed by atoms with E-state index in [1.807, 2.05) is 0 Å². The highest BCUT2D eigenvalue weighted by Gasteiger charge is 2.33. The summed E-state index contributed by atoms with van der Waals surface area (Å²) in [4.78, 5) is 0. The Morgan fingerprint density at radius 2 is 2.17 bits per heavy atom. The molecule has 0 saturated carbocycles. The molecule has 18 heavy (non-hydrogen) atoms. The molecule has 2 rings (SSSR count). The molecule has 0 amide bonds. The number of hydrogen-bond donors (Lipinski definition) is 1. The van der Waals surface area contributed by atoms with Crippen LogP contribution in [-0.4, -0.2) is 4.57 Å². The van der Waals surface area contributed by atoms with E-state index < -0.39 is 0 Å². The topological polar surface area (TPSA) is 30.9 Å². The predicted octanol–water partition coefficient (Wildman–Crippen LogP) is 4.13. The van der Waals surface area contributed by atoms with Gasteiger partial charge in [0.1, 0.15) is 0 Å². The lowest BCUT2D eigenvalue weighted by Gasteiger charge is -2.35. The number of nitrogens with zero attached hydrogens (tertiary/aromatic N) is 1. The Labute approximate surface area is 112 Å². The van der Waals surface area contributed by atoms with Crippen LogP contribution in [0.15, 0.2) is 6.07 Å². The van der Waals surface area contributed by atoms with Crippen molar-refractivity contribution >= 4 is 0 Å². The van der Waals surface area contributed by atoms with E-state index in [4.69, 9.17) is 5.73 Å². The van der Waals surface area contributed by atoms with E-state index in [0.29, 0.717) is 11.5 Å². The Balaban J connectivity index is 2.44. The molecule has 0 spiro atoms. The van der Waals surface area contributed by atoms with Gasteiger partial charge in [0.15, 0.2) is 0 Å². The number of fused-ring (bicyclic) bond motifs is 1. The van der Waals surface area contributed by atoms with Crippen LogP contribution < -0.4 is 5.73 Å². The molecule has 0 saturated heterocycles. The molecule has 2 unspecified atom stereocenters. The van der Waals surface area contributed by atoms with Gasteiger partial charge in [-0.05, 0) is 50.2 Å². The van der Waals surface area contributed by atoms with Crippen molar-refractivity contribution in [2.45, 2.75) is 72.4 Å². The van der Waals surface area contributed by atoms with Gasteiger partial charge in [0.25, 0.3) is 0 Å². The fourth-order valence-corrected chi connectivity index (χ4v) is 3.63. The molecule has 2 N–H and O–H groups in total. The lowest BCUT2D eigenvalue weighted by Crippen LogP contribution is -2.31. The summed E-state index contributed by atoms with van der Waals surface area (Å²) < 4.78 is 2.54. The zero-order chi connectivity index (χ0) is 13.5. The summed E-state index contributed by atoms with van der Waals surface area (Å²) in [7, 11) is 0. The Kier molecular flexibility index (Phi) is 3.59. The minimum Gasteiger partial charge on any atom is -0.346 e. The second-order valence-electron chi connectivity index (χ2n) is 6.85. The second kappa shape index (κ2) is 4.73. The molecule has 102 valence electrons. The lowest BCUT2D eigenvalue weighted by atomic mass is 9.74. The monoisotopic (exact) mass is 248 g/mol. The highest BCUT2D eigenvalue weighted by molar-refractivity contribution is 5.34. The summed E-state index contributed by atoms with van der Waals surface area (Å²) in [6.45, 7) is 11.5. The standard InChI is InChI=1S/C16H28N2/c1-6-7-11(2)18-12(3)8-13-14(17)9-16(4,5)10-15(13)18/h8,11,14H,6-7,9-10,17H2,1-5H3. The molecular weight excluding hydrogens is 220 g/mol. The first kappa shape index (κ1) is 13.7. The molecular formula is C16H28N2. The largest absolute Gasteiger partial charge is 0.346 e. The van der Waals surface area contributed by atoms with E-state index in [-0.39, 0.29) is 6.04 Å². The fourth-order valence-electron chi connectivity index (χ4n) is 3.63. The molecule has 0 aliphatic heterocycles. The Bertz CT molecular complexity index is 429. The van der Waals surface area contributed by atoms with Crippen molar-refractivity contribution < 1.29 is 0 Å². The smallest absolute Gasteiger partial charge is 0.0318 e. The summed E-state index contributed by atoms with van der Waals surface area (Å²) in [5, 5.41) is 0. The first-order valence-electron chi connectivity index (χ1n) is 7.32. The van der Waals surface area contributed by atoms with Gasteiger partial charge in [-0.3, -0.25) is 0 Å². The quantitative estimate of drug-likeness (QED) is 0.856. The molecule has 1 aliphatic carbocycles. The van der Waals surface area contributed by atoms with Crippen LogP contribution in [-0.2, 0) is 6.42 Å². The van der Waals surface area contributed by atoms with Crippen LogP contribution in [0.5, 0.6) is 0 Å². The van der Waals surface area contributed by atoms with Crippen molar-refractivity contribution in [3.05, 3.63) is 23.0 Å². The molecule has 2 heteroatoms. The van der Waals surface area contributed by atoms with Gasteiger partial charge in [-0.1, -0.05) is 27.2 Å². The van der Waals surface area contributed by atoms with Crippen LogP contribution in [0.2, 0.25) is 0 Å². The minimum atomic E-state index is 0.220. The van der Waals surface area contributed by atoms with Gasteiger partial charge >= 0.3 is 0 Å². The van der Waals surface area contributed by atoms with Gasteiger partial charge in [-0.15, -0.1) is 0 Å². The Morgan fingerprint density at radius 1 is 1.50 bits per heavy atom. The Hall–Kier alpha value is -0.760. The molecule has 1 aromatic rings. The van der Waals surface area contributed by atoms with E-state index in [9.17, 15) is 0 Å². The summed E-state index contributed by atoms with van der Waals surface area (Å²) in [6, 6.07) is 3.14. The molecule has 2 nitrogen and oxygen atoms in total. The summed E-state index contributed by atoms with van der Waals surface area (Å²) in [6.07, 6.45) is 4.75. The number of aryl methyl sites for hydroxylation is 1. The lowest BCUT2D eigenvalue weighted by molar-refractivity contribution is 0.271.